The SMILES string of the molecule is C/C=C/c1scc(C(=O)NCc2c(C)cc(C)[nH]c2=O)c1C.CC(C)C(=O)OC(C)(C)C.CC1CCCCC1. The van der Waals surface area contributed by atoms with E-state index in [1.54, 1.807) is 11.3 Å². The lowest BCUT2D eigenvalue weighted by molar-refractivity contribution is -0.158. The molecule has 1 aliphatic rings. The Morgan fingerprint density at radius 2 is 1.77 bits per heavy atom. The van der Waals surface area contributed by atoms with E-state index in [2.05, 4.69) is 17.2 Å². The van der Waals surface area contributed by atoms with Gasteiger partial charge in [-0.1, -0.05) is 59.0 Å². The second kappa shape index (κ2) is 16.4. The first-order chi connectivity index (χ1) is 18.2. The van der Waals surface area contributed by atoms with E-state index >= 15 is 0 Å². The van der Waals surface area contributed by atoms with E-state index in [1.807, 2.05) is 85.9 Å². The molecule has 1 saturated carbocycles. The molecule has 1 aliphatic carbocycles. The van der Waals surface area contributed by atoms with E-state index < -0.39 is 0 Å². The highest BCUT2D eigenvalue weighted by Gasteiger charge is 2.18. The summed E-state index contributed by atoms with van der Waals surface area (Å²) in [5.74, 6) is 0.726. The molecule has 1 amide bonds. The zero-order valence-corrected chi connectivity index (χ0v) is 26.6. The van der Waals surface area contributed by atoms with Crippen molar-refractivity contribution in [3.63, 3.8) is 0 Å². The molecular formula is C32H50N2O4S. The number of amides is 1. The Hall–Kier alpha value is -2.67. The molecule has 0 atom stereocenters. The Morgan fingerprint density at radius 3 is 2.21 bits per heavy atom. The molecule has 0 spiro atoms. The number of pyridine rings is 1. The molecule has 0 radical (unpaired) electrons. The van der Waals surface area contributed by atoms with Gasteiger partial charge in [0.25, 0.3) is 11.5 Å². The molecule has 0 aromatic carbocycles. The van der Waals surface area contributed by atoms with Crippen molar-refractivity contribution in [1.29, 1.82) is 0 Å². The number of aromatic amines is 1. The Kier molecular flexibility index (Phi) is 14.5. The normalized spacial score (nSPS) is 13.8. The summed E-state index contributed by atoms with van der Waals surface area (Å²) in [5, 5.41) is 4.69. The van der Waals surface area contributed by atoms with Crippen molar-refractivity contribution in [2.24, 2.45) is 11.8 Å². The minimum Gasteiger partial charge on any atom is -0.460 e. The lowest BCUT2D eigenvalue weighted by atomic mass is 9.91. The van der Waals surface area contributed by atoms with Crippen molar-refractivity contribution in [3.05, 3.63) is 60.7 Å². The van der Waals surface area contributed by atoms with Crippen LogP contribution in [0.15, 0.2) is 22.3 Å². The summed E-state index contributed by atoms with van der Waals surface area (Å²) in [4.78, 5) is 39.0. The highest BCUT2D eigenvalue weighted by atomic mass is 32.1. The minimum absolute atomic E-state index is 0.0285. The van der Waals surface area contributed by atoms with Gasteiger partial charge in [0, 0.05) is 28.1 Å². The molecule has 3 rings (SSSR count). The topological polar surface area (TPSA) is 88.3 Å². The summed E-state index contributed by atoms with van der Waals surface area (Å²) in [6.45, 7) is 19.5. The van der Waals surface area contributed by atoms with Gasteiger partial charge in [0.2, 0.25) is 0 Å². The third-order valence-electron chi connectivity index (χ3n) is 6.33. The maximum Gasteiger partial charge on any atom is 0.308 e. The maximum absolute atomic E-state index is 12.3. The van der Waals surface area contributed by atoms with Crippen LogP contribution in [0.25, 0.3) is 6.08 Å². The summed E-state index contributed by atoms with van der Waals surface area (Å²) in [6, 6.07) is 1.91. The van der Waals surface area contributed by atoms with Crippen molar-refractivity contribution in [3.8, 4) is 0 Å². The number of hydrogen-bond acceptors (Lipinski definition) is 5. The molecule has 2 N–H and O–H groups in total. The number of esters is 1. The molecule has 0 aliphatic heterocycles. The van der Waals surface area contributed by atoms with E-state index in [0.717, 1.165) is 27.6 Å². The molecule has 0 unspecified atom stereocenters. The quantitative estimate of drug-likeness (QED) is 0.365. The smallest absolute Gasteiger partial charge is 0.308 e. The van der Waals surface area contributed by atoms with Crippen molar-refractivity contribution in [2.75, 3.05) is 0 Å². The summed E-state index contributed by atoms with van der Waals surface area (Å²) in [5.41, 5.74) is 3.45. The fourth-order valence-corrected chi connectivity index (χ4v) is 5.09. The van der Waals surface area contributed by atoms with E-state index in [9.17, 15) is 14.4 Å². The van der Waals surface area contributed by atoms with Gasteiger partial charge in [0.05, 0.1) is 11.5 Å². The molecule has 7 heteroatoms. The van der Waals surface area contributed by atoms with Gasteiger partial charge in [-0.05, 0) is 77.7 Å². The van der Waals surface area contributed by atoms with Gasteiger partial charge in [0.1, 0.15) is 5.60 Å². The van der Waals surface area contributed by atoms with Gasteiger partial charge in [0.15, 0.2) is 0 Å². The van der Waals surface area contributed by atoms with E-state index in [4.69, 9.17) is 4.74 Å². The van der Waals surface area contributed by atoms with Crippen molar-refractivity contribution in [2.45, 2.75) is 113 Å². The third-order valence-corrected chi connectivity index (χ3v) is 7.38. The van der Waals surface area contributed by atoms with E-state index in [-0.39, 0.29) is 35.5 Å². The van der Waals surface area contributed by atoms with Gasteiger partial charge < -0.3 is 15.0 Å². The second-order valence-corrected chi connectivity index (χ2v) is 12.6. The molecular weight excluding hydrogens is 508 g/mol. The number of ether oxygens (including phenoxy) is 1. The van der Waals surface area contributed by atoms with Crippen molar-refractivity contribution in [1.82, 2.24) is 10.3 Å². The Bertz CT molecular complexity index is 1150. The fourth-order valence-electron chi connectivity index (χ4n) is 4.06. The van der Waals surface area contributed by atoms with Gasteiger partial charge in [-0.25, -0.2) is 0 Å². The van der Waals surface area contributed by atoms with Gasteiger partial charge in [-0.3, -0.25) is 14.4 Å². The van der Waals surface area contributed by atoms with Gasteiger partial charge >= 0.3 is 5.97 Å². The number of hydrogen-bond donors (Lipinski definition) is 2. The zero-order chi connectivity index (χ0) is 29.8. The first-order valence-electron chi connectivity index (χ1n) is 14.1. The first-order valence-corrected chi connectivity index (χ1v) is 14.9. The standard InChI is InChI=1S/C17H20N2O2S.C8H16O2.C7H14/c1-5-6-15-12(4)14(9-22-15)16(20)18-8-13-10(2)7-11(3)19-17(13)21;1-6(2)7(9)10-8(3,4)5;1-7-5-3-2-4-6-7/h5-7,9H,8H2,1-4H3,(H,18,20)(H,19,21);6H,1-5H3;7H,2-6H2,1H3/b6-5+;;. The minimum atomic E-state index is -0.346. The average molecular weight is 559 g/mol. The van der Waals surface area contributed by atoms with Crippen LogP contribution in [0.5, 0.6) is 0 Å². The molecule has 39 heavy (non-hydrogen) atoms. The Labute approximate surface area is 239 Å². The van der Waals surface area contributed by atoms with Crippen LogP contribution in [0.1, 0.15) is 118 Å². The van der Waals surface area contributed by atoms with Gasteiger partial charge in [-0.2, -0.15) is 0 Å². The van der Waals surface area contributed by atoms with Gasteiger partial charge in [-0.15, -0.1) is 11.3 Å². The van der Waals surface area contributed by atoms with Crippen LogP contribution in [0.4, 0.5) is 0 Å². The lowest BCUT2D eigenvalue weighted by Gasteiger charge is -2.20. The van der Waals surface area contributed by atoms with Crippen LogP contribution >= 0.6 is 11.3 Å². The third kappa shape index (κ3) is 12.8. The summed E-state index contributed by atoms with van der Waals surface area (Å²) in [7, 11) is 0. The van der Waals surface area contributed by atoms with Crippen LogP contribution in [0, 0.1) is 32.6 Å². The fraction of sp³-hybridized carbons (Fsp3) is 0.594. The predicted octanol–water partition coefficient (Wildman–Crippen LogP) is 7.90. The molecule has 2 heterocycles. The van der Waals surface area contributed by atoms with Crippen LogP contribution in [0.2, 0.25) is 0 Å². The Balaban J connectivity index is 0.000000367. The number of carbonyl (C=O) groups is 2. The number of nitrogens with one attached hydrogen (secondary N) is 2. The number of thiophene rings is 1. The highest BCUT2D eigenvalue weighted by Crippen LogP contribution is 2.23. The molecule has 2 aromatic rings. The average Bonchev–Trinajstić information content (AvgIpc) is 3.19. The number of allylic oxidation sites excluding steroid dienone is 1. The molecule has 218 valence electrons. The maximum atomic E-state index is 12.3. The Morgan fingerprint density at radius 1 is 1.15 bits per heavy atom. The van der Waals surface area contributed by atoms with E-state index in [1.165, 1.54) is 32.1 Å². The number of aryl methyl sites for hydroxylation is 2. The predicted molar refractivity (Wildman–Crippen MR) is 164 cm³/mol. The molecule has 0 saturated heterocycles. The lowest BCUT2D eigenvalue weighted by Crippen LogP contribution is -2.28. The number of rotatable bonds is 5. The molecule has 0 bridgehead atoms. The number of H-pyrrole nitrogens is 1. The number of aromatic nitrogens is 1. The summed E-state index contributed by atoms with van der Waals surface area (Å²) >= 11 is 1.54. The largest absolute Gasteiger partial charge is 0.460 e. The van der Waals surface area contributed by atoms with Crippen LogP contribution in [-0.4, -0.2) is 22.5 Å². The molecule has 2 aromatic heterocycles. The van der Waals surface area contributed by atoms with Crippen LogP contribution < -0.4 is 10.9 Å². The first kappa shape index (κ1) is 34.4. The molecule has 1 fully saturated rings. The second-order valence-electron chi connectivity index (χ2n) is 11.7. The van der Waals surface area contributed by atoms with Crippen molar-refractivity contribution >= 4 is 29.3 Å². The zero-order valence-electron chi connectivity index (χ0n) is 25.7. The highest BCUT2D eigenvalue weighted by molar-refractivity contribution is 7.11. The summed E-state index contributed by atoms with van der Waals surface area (Å²) < 4.78 is 5.06. The van der Waals surface area contributed by atoms with Crippen molar-refractivity contribution < 1.29 is 14.3 Å². The van der Waals surface area contributed by atoms with Crippen LogP contribution in [0.3, 0.4) is 0 Å². The molecule has 6 nitrogen and oxygen atoms in total. The van der Waals surface area contributed by atoms with Crippen LogP contribution in [-0.2, 0) is 16.1 Å². The van der Waals surface area contributed by atoms with E-state index in [0.29, 0.717) is 11.1 Å². The summed E-state index contributed by atoms with van der Waals surface area (Å²) in [6.07, 6.45) is 11.4. The number of carbonyl (C=O) groups excluding carboxylic acids is 2. The monoisotopic (exact) mass is 558 g/mol.